The number of aryl methyl sites for hydroxylation is 1. The molecule has 12 nitrogen and oxygen atoms in total. The maximum absolute atomic E-state index is 13.0. The topological polar surface area (TPSA) is 216 Å². The van der Waals surface area contributed by atoms with Crippen molar-refractivity contribution in [1.82, 2.24) is 9.62 Å². The van der Waals surface area contributed by atoms with Crippen molar-refractivity contribution in [2.45, 2.75) is 50.5 Å². The summed E-state index contributed by atoms with van der Waals surface area (Å²) >= 11 is 0. The van der Waals surface area contributed by atoms with Gasteiger partial charge < -0.3 is 21.5 Å². The number of carboxylic acid groups (broad SMARTS) is 1. The van der Waals surface area contributed by atoms with Crippen LogP contribution in [0.3, 0.4) is 0 Å². The van der Waals surface area contributed by atoms with E-state index in [0.717, 1.165) is 16.9 Å². The molecule has 0 aliphatic heterocycles. The van der Waals surface area contributed by atoms with Crippen LogP contribution < -0.4 is 16.2 Å². The Morgan fingerprint density at radius 1 is 1.18 bits per heavy atom. The number of hydrogen-bond donors (Lipinski definition) is 4. The zero-order valence-corrected chi connectivity index (χ0v) is 20.3. The summed E-state index contributed by atoms with van der Waals surface area (Å²) in [5.74, 6) is -1.86. The number of nitrogens with zero attached hydrogens (tertiary/aromatic N) is 4. The van der Waals surface area contributed by atoms with Gasteiger partial charge in [0.05, 0.1) is 4.90 Å². The predicted octanol–water partition coefficient (Wildman–Crippen LogP) is 0.861. The highest BCUT2D eigenvalue weighted by Crippen LogP contribution is 2.14. The van der Waals surface area contributed by atoms with Gasteiger partial charge in [-0.05, 0) is 38.3 Å². The first kappa shape index (κ1) is 32.2. The van der Waals surface area contributed by atoms with Crippen LogP contribution in [0.5, 0.6) is 0 Å². The average molecular weight is 506 g/mol. The second-order valence-electron chi connectivity index (χ2n) is 6.94. The zero-order valence-electron chi connectivity index (χ0n) is 18.7. The highest BCUT2D eigenvalue weighted by Gasteiger charge is 2.29. The molecule has 186 valence electrons. The fraction of sp³-hybridized carbons (Fsp3) is 0.526. The van der Waals surface area contributed by atoms with Crippen LogP contribution in [0.1, 0.15) is 38.2 Å². The molecule has 1 aromatic carbocycles. The van der Waals surface area contributed by atoms with Gasteiger partial charge in [-0.25, -0.2) is 8.42 Å². The van der Waals surface area contributed by atoms with Crippen molar-refractivity contribution >= 4 is 40.3 Å². The van der Waals surface area contributed by atoms with Crippen molar-refractivity contribution < 1.29 is 23.1 Å². The summed E-state index contributed by atoms with van der Waals surface area (Å²) in [5, 5.41) is 21.1. The monoisotopic (exact) mass is 505 g/mol. The number of nitrogens with one attached hydrogen (secondary N) is 1. The van der Waals surface area contributed by atoms with E-state index in [1.165, 1.54) is 12.1 Å². The van der Waals surface area contributed by atoms with Crippen molar-refractivity contribution in [3.63, 3.8) is 0 Å². The molecule has 1 rings (SSSR count). The van der Waals surface area contributed by atoms with Crippen molar-refractivity contribution in [1.29, 1.82) is 10.8 Å². The van der Waals surface area contributed by atoms with Crippen molar-refractivity contribution in [2.75, 3.05) is 19.6 Å². The number of halogens is 1. The maximum atomic E-state index is 13.0. The Bertz CT molecular complexity index is 888. The predicted molar refractivity (Wildman–Crippen MR) is 125 cm³/mol. The number of carbonyl (C=O) groups excluding carboxylic acids is 1. The Morgan fingerprint density at radius 3 is 2.24 bits per heavy atom. The van der Waals surface area contributed by atoms with E-state index in [0.29, 0.717) is 12.8 Å². The third-order valence-electron chi connectivity index (χ3n) is 4.29. The number of amides is 1. The Balaban J connectivity index is 0. The van der Waals surface area contributed by atoms with Gasteiger partial charge in [-0.1, -0.05) is 31.0 Å². The quantitative estimate of drug-likeness (QED) is 0.129. The number of carboxylic acids is 1. The number of rotatable bonds is 13. The lowest BCUT2D eigenvalue weighted by atomic mass is 10.1. The van der Waals surface area contributed by atoms with Crippen molar-refractivity contribution in [2.24, 2.45) is 16.5 Å². The van der Waals surface area contributed by atoms with E-state index >= 15 is 0 Å². The number of hydrogen-bond acceptors (Lipinski definition) is 7. The molecule has 0 unspecified atom stereocenters. The summed E-state index contributed by atoms with van der Waals surface area (Å²) in [6.07, 6.45) is 1.81. The van der Waals surface area contributed by atoms with Gasteiger partial charge in [0.2, 0.25) is 15.9 Å². The van der Waals surface area contributed by atoms with Crippen molar-refractivity contribution in [3.8, 4) is 0 Å². The number of guanidine groups is 1. The Labute approximate surface area is 200 Å². The fourth-order valence-corrected chi connectivity index (χ4v) is 3.93. The van der Waals surface area contributed by atoms with Gasteiger partial charge in [0.1, 0.15) is 12.6 Å². The zero-order chi connectivity index (χ0) is 24.7. The molecule has 0 bridgehead atoms. The molecule has 0 aromatic heterocycles. The average Bonchev–Trinajstić information content (AvgIpc) is 2.74. The Kier molecular flexibility index (Phi) is 16.3. The summed E-state index contributed by atoms with van der Waals surface area (Å²) in [6, 6.07) is 5.07. The molecule has 0 heterocycles. The molecule has 0 radical (unpaired) electrons. The van der Waals surface area contributed by atoms with E-state index in [9.17, 15) is 18.0 Å². The third-order valence-corrected chi connectivity index (χ3v) is 5.78. The minimum absolute atomic E-state index is 0. The van der Waals surface area contributed by atoms with Crippen LogP contribution in [0.4, 0.5) is 0 Å². The summed E-state index contributed by atoms with van der Waals surface area (Å²) < 4.78 is 28.0. The van der Waals surface area contributed by atoms with Gasteiger partial charge in [0.15, 0.2) is 5.96 Å². The smallest absolute Gasteiger partial charge is 0.323 e. The molecule has 0 spiro atoms. The number of aliphatic carboxylic acids is 1. The van der Waals surface area contributed by atoms with Gasteiger partial charge in [-0.3, -0.25) is 14.6 Å². The normalized spacial score (nSPS) is 11.2. The molecular formula is C19H32ClN7O5S. The SMILES string of the molecule is CCCCN(CC(=O)O)C(=O)[C@H](CCCN=C(N)N)NS(=O)(=O)c1ccc(C)cc1.Cl.N#N. The van der Waals surface area contributed by atoms with Crippen LogP contribution >= 0.6 is 12.4 Å². The number of carbonyl (C=O) groups is 2. The van der Waals surface area contributed by atoms with E-state index in [4.69, 9.17) is 27.4 Å². The number of sulfonamides is 1. The summed E-state index contributed by atoms with van der Waals surface area (Å²) in [6.45, 7) is 3.67. The van der Waals surface area contributed by atoms with Gasteiger partial charge >= 0.3 is 5.97 Å². The molecule has 33 heavy (non-hydrogen) atoms. The number of nitrogens with two attached hydrogens (primary N) is 2. The van der Waals surface area contributed by atoms with E-state index in [-0.39, 0.29) is 42.8 Å². The minimum Gasteiger partial charge on any atom is -0.480 e. The first-order chi connectivity index (χ1) is 15.1. The highest BCUT2D eigenvalue weighted by molar-refractivity contribution is 7.89. The molecule has 6 N–H and O–H groups in total. The van der Waals surface area contributed by atoms with E-state index in [1.54, 1.807) is 12.1 Å². The summed E-state index contributed by atoms with van der Waals surface area (Å²) in [5.41, 5.74) is 11.5. The molecule has 0 aliphatic rings. The van der Waals surface area contributed by atoms with Crippen LogP contribution in [-0.2, 0) is 19.6 Å². The van der Waals surface area contributed by atoms with Crippen molar-refractivity contribution in [3.05, 3.63) is 29.8 Å². The van der Waals surface area contributed by atoms with Gasteiger partial charge in [-0.2, -0.15) is 4.72 Å². The molecule has 1 atom stereocenters. The van der Waals surface area contributed by atoms with Crippen LogP contribution in [-0.4, -0.2) is 61.9 Å². The fourth-order valence-electron chi connectivity index (χ4n) is 2.71. The molecular weight excluding hydrogens is 474 g/mol. The molecule has 1 amide bonds. The second-order valence-corrected chi connectivity index (χ2v) is 8.66. The van der Waals surface area contributed by atoms with Gasteiger partial charge in [0, 0.05) is 23.9 Å². The Morgan fingerprint density at radius 2 is 1.76 bits per heavy atom. The molecule has 0 saturated carbocycles. The summed E-state index contributed by atoms with van der Waals surface area (Å²) in [4.78, 5) is 29.2. The molecule has 14 heteroatoms. The maximum Gasteiger partial charge on any atom is 0.323 e. The van der Waals surface area contributed by atoms with E-state index in [2.05, 4.69) is 9.71 Å². The second kappa shape index (κ2) is 16.7. The molecule has 0 saturated heterocycles. The summed E-state index contributed by atoms with van der Waals surface area (Å²) in [7, 11) is -3.99. The first-order valence-electron chi connectivity index (χ1n) is 9.91. The molecule has 1 aromatic rings. The number of unbranched alkanes of at least 4 members (excludes halogenated alkanes) is 1. The number of benzene rings is 1. The standard InChI is InChI=1S/C19H31N5O5S.ClH.N2/c1-3-4-12-24(13-17(25)26)18(27)16(6-5-11-22-19(20)21)23-30(28,29)15-9-7-14(2)8-10-15;;1-2/h7-10,16,23H,3-6,11-13H2,1-2H3,(H,25,26)(H4,20,21,22);1H;/t16-;;/m0../s1. The van der Waals surface area contributed by atoms with Crippen LogP contribution in [0.2, 0.25) is 0 Å². The highest BCUT2D eigenvalue weighted by atomic mass is 35.5. The van der Waals surface area contributed by atoms with Crippen LogP contribution in [0.15, 0.2) is 34.2 Å². The first-order valence-corrected chi connectivity index (χ1v) is 11.4. The minimum atomic E-state index is -3.99. The lowest BCUT2D eigenvalue weighted by Crippen LogP contribution is -2.50. The largest absolute Gasteiger partial charge is 0.480 e. The van der Waals surface area contributed by atoms with E-state index < -0.39 is 34.5 Å². The van der Waals surface area contributed by atoms with Crippen LogP contribution in [0.25, 0.3) is 0 Å². The molecule has 0 aliphatic carbocycles. The molecule has 0 fully saturated rings. The van der Waals surface area contributed by atoms with E-state index in [1.807, 2.05) is 13.8 Å². The van der Waals surface area contributed by atoms with Crippen LogP contribution in [0, 0.1) is 17.7 Å². The lowest BCUT2D eigenvalue weighted by molar-refractivity contribution is -0.145. The number of aliphatic imine (C=N–C) groups is 1. The third kappa shape index (κ3) is 12.6. The Hall–Kier alpha value is -2.95. The van der Waals surface area contributed by atoms with Gasteiger partial charge in [0.25, 0.3) is 0 Å². The van der Waals surface area contributed by atoms with Gasteiger partial charge in [-0.15, -0.1) is 12.4 Å². The lowest BCUT2D eigenvalue weighted by Gasteiger charge is -2.26.